The molecule has 0 fully saturated rings. The molecule has 3 N–H and O–H groups in total. The summed E-state index contributed by atoms with van der Waals surface area (Å²) in [5.41, 5.74) is 0. The van der Waals surface area contributed by atoms with Crippen LogP contribution in [0.3, 0.4) is 0 Å². The van der Waals surface area contributed by atoms with Crippen molar-refractivity contribution in [2.24, 2.45) is 0 Å². The molecule has 0 aliphatic heterocycles. The second kappa shape index (κ2) is 55.2. The van der Waals surface area contributed by atoms with Crippen LogP contribution in [0.5, 0.6) is 0 Å². The second-order valence-electron chi connectivity index (χ2n) is 20.3. The summed E-state index contributed by atoms with van der Waals surface area (Å²) in [5.74, 6) is -0.0700. The number of rotatable bonds is 55. The van der Waals surface area contributed by atoms with Gasteiger partial charge < -0.3 is 20.3 Å². The third-order valence-corrected chi connectivity index (χ3v) is 13.8. The lowest BCUT2D eigenvalue weighted by molar-refractivity contribution is -0.143. The van der Waals surface area contributed by atoms with Crippen molar-refractivity contribution in [2.75, 3.05) is 13.2 Å². The Labute approximate surface area is 406 Å². The smallest absolute Gasteiger partial charge is 0.305 e. The Hall–Kier alpha value is -1.40. The van der Waals surface area contributed by atoms with E-state index in [4.69, 9.17) is 4.74 Å². The fourth-order valence-electron chi connectivity index (χ4n) is 9.28. The Morgan fingerprint density at radius 3 is 1.05 bits per heavy atom. The molecule has 0 radical (unpaired) electrons. The first kappa shape index (κ1) is 63.6. The number of aliphatic hydroxyl groups is 2. The maximum absolute atomic E-state index is 12.5. The van der Waals surface area contributed by atoms with Gasteiger partial charge in [0.1, 0.15) is 0 Å². The van der Waals surface area contributed by atoms with Gasteiger partial charge in [0.25, 0.3) is 0 Å². The van der Waals surface area contributed by atoms with E-state index in [1.54, 1.807) is 6.08 Å². The standard InChI is InChI=1S/C59H115NO5/c1-3-5-7-9-11-13-15-17-19-21-23-27-31-35-39-43-47-51-57(62)56(55-61)60-58(63)52-48-44-40-36-32-28-24-22-26-30-34-38-42-46-50-54-65-59(64)53-49-45-41-37-33-29-25-20-18-16-14-12-10-8-6-4-2/h47,51,56-57,61-62H,3-46,48-50,52-55H2,1-2H3,(H,60,63)/b51-47+. The molecule has 0 aromatic carbocycles. The summed E-state index contributed by atoms with van der Waals surface area (Å²) in [6, 6.07) is -0.633. The molecule has 0 aromatic rings. The summed E-state index contributed by atoms with van der Waals surface area (Å²) >= 11 is 0. The molecule has 0 spiro atoms. The molecule has 65 heavy (non-hydrogen) atoms. The highest BCUT2D eigenvalue weighted by Gasteiger charge is 2.18. The van der Waals surface area contributed by atoms with Crippen molar-refractivity contribution in [1.29, 1.82) is 0 Å². The van der Waals surface area contributed by atoms with Gasteiger partial charge >= 0.3 is 5.97 Å². The van der Waals surface area contributed by atoms with Crippen LogP contribution in [0.4, 0.5) is 0 Å². The number of allylic oxidation sites excluding steroid dienone is 1. The van der Waals surface area contributed by atoms with Gasteiger partial charge in [-0.2, -0.15) is 0 Å². The van der Waals surface area contributed by atoms with Crippen molar-refractivity contribution >= 4 is 11.9 Å². The van der Waals surface area contributed by atoms with Crippen LogP contribution >= 0.6 is 0 Å². The number of unbranched alkanes of at least 4 members (excludes halogenated alkanes) is 44. The molecular weight excluding hydrogens is 803 g/mol. The number of nitrogens with one attached hydrogen (secondary N) is 1. The fraction of sp³-hybridized carbons (Fsp3) is 0.932. The zero-order valence-electron chi connectivity index (χ0n) is 44.0. The average Bonchev–Trinajstić information content (AvgIpc) is 3.31. The number of hydrogen-bond acceptors (Lipinski definition) is 5. The highest BCUT2D eigenvalue weighted by molar-refractivity contribution is 5.76. The Bertz CT molecular complexity index is 970. The van der Waals surface area contributed by atoms with E-state index in [-0.39, 0.29) is 18.5 Å². The Balaban J connectivity index is 3.44. The summed E-state index contributed by atoms with van der Waals surface area (Å²) in [6.07, 6.45) is 65.1. The van der Waals surface area contributed by atoms with Crippen LogP contribution in [0.25, 0.3) is 0 Å². The first-order valence-electron chi connectivity index (χ1n) is 29.5. The summed E-state index contributed by atoms with van der Waals surface area (Å²) in [5, 5.41) is 23.1. The van der Waals surface area contributed by atoms with E-state index >= 15 is 0 Å². The van der Waals surface area contributed by atoms with Gasteiger partial charge in [-0.15, -0.1) is 0 Å². The molecule has 6 heteroatoms. The Kier molecular flexibility index (Phi) is 54.0. The Morgan fingerprint density at radius 2 is 0.708 bits per heavy atom. The van der Waals surface area contributed by atoms with Crippen LogP contribution in [0.1, 0.15) is 328 Å². The van der Waals surface area contributed by atoms with Gasteiger partial charge in [-0.25, -0.2) is 0 Å². The lowest BCUT2D eigenvalue weighted by Crippen LogP contribution is -2.45. The highest BCUT2D eigenvalue weighted by atomic mass is 16.5. The molecule has 386 valence electrons. The van der Waals surface area contributed by atoms with Gasteiger partial charge in [-0.1, -0.05) is 296 Å². The molecule has 2 unspecified atom stereocenters. The third kappa shape index (κ3) is 51.8. The van der Waals surface area contributed by atoms with Gasteiger partial charge in [0.05, 0.1) is 25.4 Å². The monoisotopic (exact) mass is 918 g/mol. The second-order valence-corrected chi connectivity index (χ2v) is 20.3. The summed E-state index contributed by atoms with van der Waals surface area (Å²) in [4.78, 5) is 24.5. The molecule has 0 rings (SSSR count). The van der Waals surface area contributed by atoms with Crippen LogP contribution in [0, 0.1) is 0 Å². The van der Waals surface area contributed by atoms with Crippen LogP contribution < -0.4 is 5.32 Å². The number of hydrogen-bond donors (Lipinski definition) is 3. The number of carbonyl (C=O) groups excluding carboxylic acids is 2. The molecule has 0 aliphatic rings. The quantitative estimate of drug-likeness (QED) is 0.0321. The summed E-state index contributed by atoms with van der Waals surface area (Å²) < 4.78 is 5.48. The van der Waals surface area contributed by atoms with Crippen LogP contribution in [0.15, 0.2) is 12.2 Å². The van der Waals surface area contributed by atoms with E-state index < -0.39 is 12.1 Å². The number of aliphatic hydroxyl groups excluding tert-OH is 2. The van der Waals surface area contributed by atoms with Gasteiger partial charge in [-0.3, -0.25) is 9.59 Å². The van der Waals surface area contributed by atoms with Crippen molar-refractivity contribution < 1.29 is 24.5 Å². The molecule has 0 aliphatic carbocycles. The Morgan fingerprint density at radius 1 is 0.415 bits per heavy atom. The number of ether oxygens (including phenoxy) is 1. The maximum Gasteiger partial charge on any atom is 0.305 e. The summed E-state index contributed by atoms with van der Waals surface area (Å²) in [6.45, 7) is 4.91. The summed E-state index contributed by atoms with van der Waals surface area (Å²) in [7, 11) is 0. The lowest BCUT2D eigenvalue weighted by atomic mass is 10.0. The molecular formula is C59H115NO5. The van der Waals surface area contributed by atoms with Gasteiger partial charge in [0.2, 0.25) is 5.91 Å². The molecule has 0 bridgehead atoms. The first-order chi connectivity index (χ1) is 32.0. The molecule has 6 nitrogen and oxygen atoms in total. The van der Waals surface area contributed by atoms with E-state index in [0.717, 1.165) is 44.9 Å². The van der Waals surface area contributed by atoms with Gasteiger partial charge in [-0.05, 0) is 32.1 Å². The zero-order chi connectivity index (χ0) is 47.2. The predicted octanol–water partition coefficient (Wildman–Crippen LogP) is 18.1. The van der Waals surface area contributed by atoms with E-state index in [0.29, 0.717) is 19.4 Å². The minimum atomic E-state index is -0.849. The van der Waals surface area contributed by atoms with Crippen molar-refractivity contribution in [3.63, 3.8) is 0 Å². The third-order valence-electron chi connectivity index (χ3n) is 13.8. The topological polar surface area (TPSA) is 95.9 Å². The van der Waals surface area contributed by atoms with E-state index in [1.165, 1.54) is 257 Å². The van der Waals surface area contributed by atoms with E-state index in [9.17, 15) is 19.8 Å². The zero-order valence-corrected chi connectivity index (χ0v) is 44.0. The lowest BCUT2D eigenvalue weighted by Gasteiger charge is -2.20. The predicted molar refractivity (Wildman–Crippen MR) is 283 cm³/mol. The fourth-order valence-corrected chi connectivity index (χ4v) is 9.28. The van der Waals surface area contributed by atoms with Crippen molar-refractivity contribution in [2.45, 2.75) is 341 Å². The largest absolute Gasteiger partial charge is 0.466 e. The van der Waals surface area contributed by atoms with Gasteiger partial charge in [0, 0.05) is 12.8 Å². The number of esters is 1. The molecule has 0 heterocycles. The highest BCUT2D eigenvalue weighted by Crippen LogP contribution is 2.17. The van der Waals surface area contributed by atoms with Crippen molar-refractivity contribution in [1.82, 2.24) is 5.32 Å². The maximum atomic E-state index is 12.5. The minimum Gasteiger partial charge on any atom is -0.466 e. The SMILES string of the molecule is CCCCCCCCCCCCCCCCC/C=C/C(O)C(CO)NC(=O)CCCCCCCCCCCCCCCCCOC(=O)CCCCCCCCCCCCCCCCCC. The van der Waals surface area contributed by atoms with Crippen molar-refractivity contribution in [3.05, 3.63) is 12.2 Å². The van der Waals surface area contributed by atoms with Crippen LogP contribution in [-0.4, -0.2) is 47.4 Å². The van der Waals surface area contributed by atoms with Crippen LogP contribution in [0.2, 0.25) is 0 Å². The minimum absolute atomic E-state index is 0.00366. The number of carbonyl (C=O) groups is 2. The number of amides is 1. The van der Waals surface area contributed by atoms with E-state index in [2.05, 4.69) is 19.2 Å². The van der Waals surface area contributed by atoms with Crippen LogP contribution in [-0.2, 0) is 14.3 Å². The molecule has 2 atom stereocenters. The van der Waals surface area contributed by atoms with Gasteiger partial charge in [0.15, 0.2) is 0 Å². The normalized spacial score (nSPS) is 12.6. The van der Waals surface area contributed by atoms with E-state index in [1.807, 2.05) is 6.08 Å². The molecule has 0 saturated heterocycles. The molecule has 0 saturated carbocycles. The molecule has 1 amide bonds. The molecule has 0 aromatic heterocycles. The average molecular weight is 919 g/mol. The first-order valence-corrected chi connectivity index (χ1v) is 29.5. The van der Waals surface area contributed by atoms with Crippen molar-refractivity contribution in [3.8, 4) is 0 Å².